The highest BCUT2D eigenvalue weighted by atomic mass is 28.4. The Morgan fingerprint density at radius 3 is 1.16 bits per heavy atom. The molecule has 0 unspecified atom stereocenters. The molecule has 0 aliphatic rings. The highest BCUT2D eigenvalue weighted by Gasteiger charge is 2.46. The van der Waals surface area contributed by atoms with Crippen LogP contribution < -0.4 is 0 Å². The number of rotatable bonds is 5. The maximum atomic E-state index is 6.57. The van der Waals surface area contributed by atoms with Crippen molar-refractivity contribution >= 4 is 31.5 Å². The third kappa shape index (κ3) is 5.65. The van der Waals surface area contributed by atoms with E-state index in [4.69, 9.17) is 6.96 Å². The molecule has 0 saturated carbocycles. The van der Waals surface area contributed by atoms with Crippen LogP contribution in [0.3, 0.4) is 0 Å². The monoisotopic (exact) mass is 318 g/mol. The van der Waals surface area contributed by atoms with Crippen molar-refractivity contribution in [2.24, 2.45) is 0 Å². The van der Waals surface area contributed by atoms with Crippen LogP contribution in [0.2, 0.25) is 41.5 Å². The minimum Gasteiger partial charge on any atom is -0.523 e. The first-order chi connectivity index (χ1) is 8.14. The van der Waals surface area contributed by atoms with E-state index < -0.39 is 31.5 Å². The van der Waals surface area contributed by atoms with Gasteiger partial charge < -0.3 is 6.96 Å². The molecule has 0 atom stereocenters. The van der Waals surface area contributed by atoms with Gasteiger partial charge in [0.05, 0.1) is 0 Å². The van der Waals surface area contributed by atoms with Crippen molar-refractivity contribution < 1.29 is 6.96 Å². The molecule has 0 fully saturated rings. The van der Waals surface area contributed by atoms with Gasteiger partial charge in [-0.3, -0.25) is 0 Å². The Balaban J connectivity index is 4.90. The standard InChI is InChI=1S/2C6H15OSi.C2H5.Al/c2*1-6(2,3)8(4,5)7;1-2;/h2*1-5H3;1H2,2H3;/q2*-1;;+2. The predicted octanol–water partition coefficient (Wildman–Crippen LogP) is 5.54. The fourth-order valence-electron chi connectivity index (χ4n) is 1.20. The summed E-state index contributed by atoms with van der Waals surface area (Å²) in [6.07, 6.45) is 0. The van der Waals surface area contributed by atoms with Crippen LogP contribution >= 0.6 is 0 Å². The maximum absolute atomic E-state index is 6.57. The zero-order valence-corrected chi connectivity index (χ0v) is 18.3. The summed E-state index contributed by atoms with van der Waals surface area (Å²) in [7, 11) is -3.38. The lowest BCUT2D eigenvalue weighted by Crippen LogP contribution is -2.52. The summed E-state index contributed by atoms with van der Waals surface area (Å²) in [4.78, 5) is 0. The van der Waals surface area contributed by atoms with Crippen molar-refractivity contribution in [1.29, 1.82) is 0 Å². The van der Waals surface area contributed by atoms with Crippen LogP contribution in [0.1, 0.15) is 48.5 Å². The minimum absolute atomic E-state index is 0.268. The van der Waals surface area contributed by atoms with E-state index in [1.807, 2.05) is 0 Å². The molecule has 2 nitrogen and oxygen atoms in total. The van der Waals surface area contributed by atoms with Gasteiger partial charge in [0, 0.05) is 0 Å². The van der Waals surface area contributed by atoms with E-state index in [9.17, 15) is 0 Å². The molecule has 0 N–H and O–H groups in total. The summed E-state index contributed by atoms with van der Waals surface area (Å²) in [5.41, 5.74) is 0. The highest BCUT2D eigenvalue weighted by molar-refractivity contribution is 6.84. The van der Waals surface area contributed by atoms with E-state index in [0.717, 1.165) is 5.28 Å². The molecule has 0 spiro atoms. The van der Waals surface area contributed by atoms with Crippen LogP contribution in [0.25, 0.3) is 0 Å². The Morgan fingerprint density at radius 1 is 0.737 bits per heavy atom. The van der Waals surface area contributed by atoms with Gasteiger partial charge in [-0.15, -0.1) is 0 Å². The molecule has 0 aromatic rings. The Kier molecular flexibility index (Phi) is 6.63. The zero-order chi connectivity index (χ0) is 15.7. The van der Waals surface area contributed by atoms with E-state index in [1.165, 1.54) is 0 Å². The van der Waals surface area contributed by atoms with Crippen molar-refractivity contribution in [1.82, 2.24) is 0 Å². The average molecular weight is 319 g/mol. The molecular formula is C14H35AlO2Si2. The SMILES string of the molecule is C[CH2][Al]([O][Si](C)(C)C(C)(C)C)[O][Si](C)(C)C(C)(C)C. The second-order valence-electron chi connectivity index (χ2n) is 8.59. The van der Waals surface area contributed by atoms with Gasteiger partial charge in [0.25, 0.3) is 0 Å². The van der Waals surface area contributed by atoms with E-state index in [0.29, 0.717) is 0 Å². The van der Waals surface area contributed by atoms with Crippen molar-refractivity contribution in [2.75, 3.05) is 0 Å². The molecular weight excluding hydrogens is 283 g/mol. The smallest absolute Gasteiger partial charge is 0.523 e. The Hall–Kier alpha value is 0.886. The molecule has 0 saturated heterocycles. The molecule has 0 bridgehead atoms. The van der Waals surface area contributed by atoms with Gasteiger partial charge in [0.1, 0.15) is 0 Å². The number of hydrogen-bond acceptors (Lipinski definition) is 2. The summed E-state index contributed by atoms with van der Waals surface area (Å²) in [5, 5.41) is 1.60. The van der Waals surface area contributed by atoms with Crippen LogP contribution in [-0.4, -0.2) is 31.5 Å². The molecule has 0 rings (SSSR count). The van der Waals surface area contributed by atoms with E-state index in [-0.39, 0.29) is 10.1 Å². The van der Waals surface area contributed by atoms with Crippen LogP contribution in [0.15, 0.2) is 0 Å². The molecule has 0 aromatic carbocycles. The fraction of sp³-hybridized carbons (Fsp3) is 1.00. The molecule has 0 heterocycles. The Labute approximate surface area is 128 Å². The molecule has 0 aliphatic heterocycles. The van der Waals surface area contributed by atoms with E-state index in [1.54, 1.807) is 0 Å². The Bertz CT molecular complexity index is 263. The van der Waals surface area contributed by atoms with Crippen LogP contribution in [0.5, 0.6) is 0 Å². The van der Waals surface area contributed by atoms with E-state index in [2.05, 4.69) is 74.7 Å². The van der Waals surface area contributed by atoms with Crippen molar-refractivity contribution in [3.05, 3.63) is 0 Å². The first kappa shape index (κ1) is 19.9. The molecule has 19 heavy (non-hydrogen) atoms. The molecule has 0 aliphatic carbocycles. The minimum atomic E-state index is -1.69. The van der Waals surface area contributed by atoms with Crippen LogP contribution in [-0.2, 0) is 6.96 Å². The second-order valence-corrected chi connectivity index (χ2v) is 21.2. The lowest BCUT2D eigenvalue weighted by Gasteiger charge is -2.43. The summed E-state index contributed by atoms with van der Waals surface area (Å²) < 4.78 is 13.1. The van der Waals surface area contributed by atoms with Gasteiger partial charge in [-0.05, 0) is 41.5 Å². The second kappa shape index (κ2) is 6.33. The van der Waals surface area contributed by atoms with Gasteiger partial charge in [-0.1, -0.05) is 48.5 Å². The quantitative estimate of drug-likeness (QED) is 0.620. The van der Waals surface area contributed by atoms with Gasteiger partial charge >= 0.3 is 14.8 Å². The van der Waals surface area contributed by atoms with Crippen molar-refractivity contribution in [3.63, 3.8) is 0 Å². The van der Waals surface area contributed by atoms with Crippen molar-refractivity contribution in [2.45, 2.75) is 90.0 Å². The largest absolute Gasteiger partial charge is 0.652 e. The Morgan fingerprint density at radius 2 is 1.00 bits per heavy atom. The predicted molar refractivity (Wildman–Crippen MR) is 92.8 cm³/mol. The highest BCUT2D eigenvalue weighted by Crippen LogP contribution is 2.40. The summed E-state index contributed by atoms with van der Waals surface area (Å²) in [6.45, 7) is 25.3. The first-order valence-corrected chi connectivity index (χ1v) is 15.1. The third-order valence-corrected chi connectivity index (χ3v) is 19.5. The normalized spacial score (nSPS) is 14.7. The summed E-state index contributed by atoms with van der Waals surface area (Å²) in [5.74, 6) is 0. The van der Waals surface area contributed by atoms with Gasteiger partial charge in [-0.25, -0.2) is 0 Å². The van der Waals surface area contributed by atoms with Gasteiger partial charge in [-0.2, -0.15) is 0 Å². The molecule has 0 amide bonds. The maximum Gasteiger partial charge on any atom is 0.652 e. The molecule has 0 aromatic heterocycles. The number of hydrogen-bond donors (Lipinski definition) is 0. The lowest BCUT2D eigenvalue weighted by molar-refractivity contribution is 0.379. The van der Waals surface area contributed by atoms with Gasteiger partial charge in [0.2, 0.25) is 0 Å². The molecule has 114 valence electrons. The summed E-state index contributed by atoms with van der Waals surface area (Å²) >= 11 is -1.54. The van der Waals surface area contributed by atoms with Crippen molar-refractivity contribution in [3.8, 4) is 0 Å². The molecule has 5 heteroatoms. The topological polar surface area (TPSA) is 18.5 Å². The first-order valence-electron chi connectivity index (χ1n) is 7.50. The van der Waals surface area contributed by atoms with Gasteiger partial charge in [0.15, 0.2) is 16.6 Å². The molecule has 0 radical (unpaired) electrons. The lowest BCUT2D eigenvalue weighted by atomic mass is 10.2. The average Bonchev–Trinajstić information content (AvgIpc) is 2.12. The third-order valence-electron chi connectivity index (χ3n) is 4.80. The van der Waals surface area contributed by atoms with E-state index >= 15 is 0 Å². The van der Waals surface area contributed by atoms with Crippen LogP contribution in [0.4, 0.5) is 0 Å². The summed E-state index contributed by atoms with van der Waals surface area (Å²) in [6, 6.07) is 0. The zero-order valence-electron chi connectivity index (χ0n) is 15.1. The fourth-order valence-corrected chi connectivity index (χ4v) is 11.2. The van der Waals surface area contributed by atoms with Crippen LogP contribution in [0, 0.1) is 0 Å².